The van der Waals surface area contributed by atoms with Crippen molar-refractivity contribution in [1.29, 1.82) is 0 Å². The Balaban J connectivity index is 1.61. The minimum Gasteiger partial charge on any atom is -0.325 e. The molecule has 3 rings (SSSR count). The molecule has 0 atom stereocenters. The number of rotatable bonds is 10. The number of carbonyl (C=O) groups excluding carboxylic acids is 2. The molecule has 0 aliphatic rings. The number of carbonyl (C=O) groups is 2. The number of para-hydroxylation sites is 1. The second-order valence-electron chi connectivity index (χ2n) is 6.98. The van der Waals surface area contributed by atoms with E-state index < -0.39 is 4.92 Å². The Morgan fingerprint density at radius 3 is 2.52 bits per heavy atom. The highest BCUT2D eigenvalue weighted by Gasteiger charge is 2.17. The molecule has 2 amide bonds. The van der Waals surface area contributed by atoms with Crippen molar-refractivity contribution >= 4 is 40.6 Å². The smallest absolute Gasteiger partial charge is 0.269 e. The Bertz CT molecular complexity index is 1180. The summed E-state index contributed by atoms with van der Waals surface area (Å²) in [6, 6.07) is 13.0. The van der Waals surface area contributed by atoms with Crippen LogP contribution in [0.4, 0.5) is 17.1 Å². The summed E-state index contributed by atoms with van der Waals surface area (Å²) in [5.74, 6) is -0.0311. The number of nitro groups is 1. The van der Waals surface area contributed by atoms with Gasteiger partial charge in [-0.1, -0.05) is 36.0 Å². The van der Waals surface area contributed by atoms with Crippen LogP contribution in [0.1, 0.15) is 11.4 Å². The molecule has 0 saturated heterocycles. The fraction of sp³-hybridized carbons (Fsp3) is 0.182. The molecule has 0 bridgehead atoms. The summed E-state index contributed by atoms with van der Waals surface area (Å²) in [5.41, 5.74) is 2.08. The minimum atomic E-state index is -0.507. The molecule has 2 aromatic carbocycles. The third-order valence-electron chi connectivity index (χ3n) is 4.54. The Kier molecular flexibility index (Phi) is 7.92. The van der Waals surface area contributed by atoms with Gasteiger partial charge in [-0.25, -0.2) is 0 Å². The first kappa shape index (κ1) is 23.7. The lowest BCUT2D eigenvalue weighted by molar-refractivity contribution is -0.384. The summed E-state index contributed by atoms with van der Waals surface area (Å²) in [7, 11) is 0. The van der Waals surface area contributed by atoms with Crippen LogP contribution in [-0.4, -0.2) is 37.3 Å². The van der Waals surface area contributed by atoms with Gasteiger partial charge in [0, 0.05) is 30.1 Å². The molecule has 0 radical (unpaired) electrons. The quantitative estimate of drug-likeness (QED) is 0.202. The first-order chi connectivity index (χ1) is 15.9. The zero-order chi connectivity index (χ0) is 23.8. The van der Waals surface area contributed by atoms with Crippen LogP contribution in [0, 0.1) is 17.0 Å². The SMILES string of the molecule is C=CCn1c(CC(=O)Nc2ccccc2C)nnc1SCC(=O)Nc1ccc([N+](=O)[O-])cc1. The lowest BCUT2D eigenvalue weighted by Gasteiger charge is -2.10. The zero-order valence-electron chi connectivity index (χ0n) is 17.9. The molecule has 170 valence electrons. The molecule has 0 fully saturated rings. The number of allylic oxidation sites excluding steroid dienone is 1. The number of aryl methyl sites for hydroxylation is 1. The highest BCUT2D eigenvalue weighted by Crippen LogP contribution is 2.20. The molecule has 0 spiro atoms. The number of hydrogen-bond donors (Lipinski definition) is 2. The van der Waals surface area contributed by atoms with Crippen LogP contribution >= 0.6 is 11.8 Å². The van der Waals surface area contributed by atoms with Crippen molar-refractivity contribution in [2.75, 3.05) is 16.4 Å². The number of nitrogens with zero attached hydrogens (tertiary/aromatic N) is 4. The van der Waals surface area contributed by atoms with Crippen molar-refractivity contribution in [1.82, 2.24) is 14.8 Å². The maximum absolute atomic E-state index is 12.5. The van der Waals surface area contributed by atoms with Crippen molar-refractivity contribution < 1.29 is 14.5 Å². The maximum atomic E-state index is 12.5. The molecule has 0 saturated carbocycles. The molecule has 0 unspecified atom stereocenters. The van der Waals surface area contributed by atoms with Crippen molar-refractivity contribution in [2.24, 2.45) is 0 Å². The molecular formula is C22H22N6O4S. The molecule has 1 aromatic heterocycles. The zero-order valence-corrected chi connectivity index (χ0v) is 18.7. The van der Waals surface area contributed by atoms with Gasteiger partial charge in [-0.3, -0.25) is 19.7 Å². The van der Waals surface area contributed by atoms with Gasteiger partial charge in [0.1, 0.15) is 5.82 Å². The van der Waals surface area contributed by atoms with Crippen LogP contribution in [0.15, 0.2) is 66.3 Å². The number of benzene rings is 2. The number of amides is 2. The summed E-state index contributed by atoms with van der Waals surface area (Å²) in [6.07, 6.45) is 1.68. The molecule has 0 aliphatic heterocycles. The van der Waals surface area contributed by atoms with Crippen molar-refractivity contribution in [3.05, 3.63) is 82.7 Å². The number of anilines is 2. The Morgan fingerprint density at radius 2 is 1.85 bits per heavy atom. The van der Waals surface area contributed by atoms with E-state index in [1.165, 1.54) is 36.0 Å². The maximum Gasteiger partial charge on any atom is 0.269 e. The van der Waals surface area contributed by atoms with Gasteiger partial charge in [-0.15, -0.1) is 16.8 Å². The molecule has 1 heterocycles. The standard InChI is InChI=1S/C22H22N6O4S/c1-3-12-27-19(13-20(29)24-18-7-5-4-6-15(18)2)25-26-22(27)33-14-21(30)23-16-8-10-17(11-9-16)28(31)32/h3-11H,1,12-14H2,2H3,(H,23,30)(H,24,29). The highest BCUT2D eigenvalue weighted by molar-refractivity contribution is 7.99. The second-order valence-corrected chi connectivity index (χ2v) is 7.92. The molecule has 10 nitrogen and oxygen atoms in total. The fourth-order valence-electron chi connectivity index (χ4n) is 2.91. The normalized spacial score (nSPS) is 10.5. The van der Waals surface area contributed by atoms with Crippen LogP contribution in [0.5, 0.6) is 0 Å². The van der Waals surface area contributed by atoms with E-state index in [1.54, 1.807) is 10.6 Å². The number of hydrogen-bond acceptors (Lipinski definition) is 7. The molecule has 33 heavy (non-hydrogen) atoms. The summed E-state index contributed by atoms with van der Waals surface area (Å²) in [6.45, 7) is 6.02. The van der Waals surface area contributed by atoms with Crippen LogP contribution in [0.25, 0.3) is 0 Å². The van der Waals surface area contributed by atoms with Gasteiger partial charge in [-0.05, 0) is 30.7 Å². The first-order valence-electron chi connectivity index (χ1n) is 9.93. The van der Waals surface area contributed by atoms with E-state index in [1.807, 2.05) is 31.2 Å². The van der Waals surface area contributed by atoms with E-state index in [-0.39, 0.29) is 29.7 Å². The molecule has 2 N–H and O–H groups in total. The number of aromatic nitrogens is 3. The predicted octanol–water partition coefficient (Wildman–Crippen LogP) is 3.59. The average molecular weight is 467 g/mol. The van der Waals surface area contributed by atoms with Gasteiger partial charge >= 0.3 is 0 Å². The average Bonchev–Trinajstić information content (AvgIpc) is 3.15. The Morgan fingerprint density at radius 1 is 1.12 bits per heavy atom. The molecule has 3 aromatic rings. The van der Waals surface area contributed by atoms with Crippen molar-refractivity contribution in [3.63, 3.8) is 0 Å². The number of nitrogens with one attached hydrogen (secondary N) is 2. The fourth-order valence-corrected chi connectivity index (χ4v) is 3.68. The van der Waals surface area contributed by atoms with Crippen LogP contribution < -0.4 is 10.6 Å². The van der Waals surface area contributed by atoms with E-state index in [2.05, 4.69) is 27.4 Å². The molecular weight excluding hydrogens is 444 g/mol. The predicted molar refractivity (Wildman–Crippen MR) is 126 cm³/mol. The van der Waals surface area contributed by atoms with E-state index >= 15 is 0 Å². The van der Waals surface area contributed by atoms with Gasteiger partial charge in [0.25, 0.3) is 5.69 Å². The monoisotopic (exact) mass is 466 g/mol. The van der Waals surface area contributed by atoms with Crippen LogP contribution in [0.3, 0.4) is 0 Å². The van der Waals surface area contributed by atoms with E-state index in [0.717, 1.165) is 11.3 Å². The van der Waals surface area contributed by atoms with Crippen molar-refractivity contribution in [3.8, 4) is 0 Å². The second kappa shape index (κ2) is 11.0. The van der Waals surface area contributed by atoms with Gasteiger partial charge in [0.05, 0.1) is 17.1 Å². The summed E-state index contributed by atoms with van der Waals surface area (Å²) >= 11 is 1.17. The van der Waals surface area contributed by atoms with E-state index in [0.29, 0.717) is 23.2 Å². The Hall–Kier alpha value is -3.99. The summed E-state index contributed by atoms with van der Waals surface area (Å²) in [4.78, 5) is 35.0. The van der Waals surface area contributed by atoms with Gasteiger partial charge in [-0.2, -0.15) is 0 Å². The van der Waals surface area contributed by atoms with Gasteiger partial charge in [0.2, 0.25) is 11.8 Å². The summed E-state index contributed by atoms with van der Waals surface area (Å²) < 4.78 is 1.73. The summed E-state index contributed by atoms with van der Waals surface area (Å²) in [5, 5.41) is 25.0. The topological polar surface area (TPSA) is 132 Å². The molecule has 0 aliphatic carbocycles. The number of thioether (sulfide) groups is 1. The van der Waals surface area contributed by atoms with Crippen molar-refractivity contribution in [2.45, 2.75) is 25.0 Å². The minimum absolute atomic E-state index is 0.0186. The largest absolute Gasteiger partial charge is 0.325 e. The number of non-ortho nitro benzene ring substituents is 1. The van der Waals surface area contributed by atoms with E-state index in [4.69, 9.17) is 0 Å². The van der Waals surface area contributed by atoms with E-state index in [9.17, 15) is 19.7 Å². The van der Waals surface area contributed by atoms with Gasteiger partial charge < -0.3 is 15.2 Å². The lowest BCUT2D eigenvalue weighted by Crippen LogP contribution is -2.18. The third-order valence-corrected chi connectivity index (χ3v) is 5.50. The van der Waals surface area contributed by atoms with Gasteiger partial charge in [0.15, 0.2) is 5.16 Å². The molecule has 11 heteroatoms. The lowest BCUT2D eigenvalue weighted by atomic mass is 10.2. The Labute approximate surface area is 194 Å². The number of nitro benzene ring substituents is 1. The van der Waals surface area contributed by atoms with Crippen LogP contribution in [-0.2, 0) is 22.6 Å². The first-order valence-corrected chi connectivity index (χ1v) is 10.9. The third kappa shape index (κ3) is 6.50. The van der Waals surface area contributed by atoms with Crippen LogP contribution in [0.2, 0.25) is 0 Å². The highest BCUT2D eigenvalue weighted by atomic mass is 32.2.